The fraction of sp³-hybridized carbons (Fsp3) is 0.727. The minimum Gasteiger partial charge on any atom is -0.385 e. The summed E-state index contributed by atoms with van der Waals surface area (Å²) in [5.74, 6) is 1.62. The summed E-state index contributed by atoms with van der Waals surface area (Å²) in [4.78, 5) is 0. The van der Waals surface area contributed by atoms with Gasteiger partial charge in [0.1, 0.15) is 0 Å². The molecule has 0 aromatic heterocycles. The average molecular weight is 350 g/mol. The van der Waals surface area contributed by atoms with Crippen LogP contribution in [-0.4, -0.2) is 13.7 Å². The summed E-state index contributed by atoms with van der Waals surface area (Å²) in [6, 6.07) is 4.46. The number of benzene rings is 1. The van der Waals surface area contributed by atoms with Crippen LogP contribution in [0.3, 0.4) is 0 Å². The van der Waals surface area contributed by atoms with Crippen LogP contribution in [-0.2, 0) is 4.74 Å². The number of methoxy groups -OCH3 is 1. The van der Waals surface area contributed by atoms with Gasteiger partial charge in [0, 0.05) is 13.7 Å². The zero-order valence-corrected chi connectivity index (χ0v) is 15.5. The van der Waals surface area contributed by atoms with E-state index in [1.807, 2.05) is 0 Å². The average Bonchev–Trinajstić information content (AvgIpc) is 2.65. The molecular weight excluding hydrogens is 318 g/mol. The van der Waals surface area contributed by atoms with Crippen LogP contribution in [0.1, 0.15) is 75.7 Å². The van der Waals surface area contributed by atoms with Gasteiger partial charge in [-0.05, 0) is 92.7 Å². The van der Waals surface area contributed by atoms with Crippen molar-refractivity contribution in [3.05, 3.63) is 35.4 Å². The van der Waals surface area contributed by atoms with E-state index in [4.69, 9.17) is 4.74 Å². The molecule has 0 spiro atoms. The van der Waals surface area contributed by atoms with Crippen LogP contribution < -0.4 is 0 Å². The Morgan fingerprint density at radius 3 is 2.12 bits per heavy atom. The predicted molar refractivity (Wildman–Crippen MR) is 97.6 cm³/mol. The highest BCUT2D eigenvalue weighted by atomic mass is 19.2. The first-order valence-corrected chi connectivity index (χ1v) is 10.1. The van der Waals surface area contributed by atoms with Crippen LogP contribution in [0.15, 0.2) is 18.2 Å². The highest BCUT2D eigenvalue weighted by Gasteiger charge is 2.31. The van der Waals surface area contributed by atoms with E-state index in [9.17, 15) is 8.78 Å². The molecule has 0 aliphatic heterocycles. The minimum atomic E-state index is -0.736. The molecule has 3 rings (SSSR count). The Kier molecular flexibility index (Phi) is 6.86. The van der Waals surface area contributed by atoms with Gasteiger partial charge in [0.15, 0.2) is 11.6 Å². The van der Waals surface area contributed by atoms with Gasteiger partial charge in [-0.1, -0.05) is 18.9 Å². The normalized spacial score (nSPS) is 30.4. The summed E-state index contributed by atoms with van der Waals surface area (Å²) in [7, 11) is 1.79. The number of ether oxygens (including phenoxy) is 1. The maximum Gasteiger partial charge on any atom is 0.159 e. The van der Waals surface area contributed by atoms with Crippen molar-refractivity contribution in [3.63, 3.8) is 0 Å². The molecule has 0 unspecified atom stereocenters. The highest BCUT2D eigenvalue weighted by Crippen LogP contribution is 2.44. The van der Waals surface area contributed by atoms with Gasteiger partial charge in [0.05, 0.1) is 0 Å². The molecule has 25 heavy (non-hydrogen) atoms. The lowest BCUT2D eigenvalue weighted by atomic mass is 9.68. The Labute approximate surface area is 151 Å². The van der Waals surface area contributed by atoms with Crippen LogP contribution >= 0.6 is 0 Å². The number of rotatable bonds is 6. The fourth-order valence-corrected chi connectivity index (χ4v) is 5.15. The predicted octanol–water partition coefficient (Wildman–Crippen LogP) is 6.47. The second kappa shape index (κ2) is 9.12. The first-order valence-electron chi connectivity index (χ1n) is 10.1. The molecule has 1 aromatic carbocycles. The summed E-state index contributed by atoms with van der Waals surface area (Å²) in [6.07, 6.45) is 12.8. The van der Waals surface area contributed by atoms with Gasteiger partial charge in [-0.25, -0.2) is 8.78 Å². The van der Waals surface area contributed by atoms with Gasteiger partial charge in [-0.2, -0.15) is 0 Å². The highest BCUT2D eigenvalue weighted by molar-refractivity contribution is 5.22. The summed E-state index contributed by atoms with van der Waals surface area (Å²) in [6.45, 7) is 0.897. The maximum absolute atomic E-state index is 13.5. The van der Waals surface area contributed by atoms with E-state index >= 15 is 0 Å². The molecule has 140 valence electrons. The Balaban J connectivity index is 1.43. The van der Waals surface area contributed by atoms with Crippen molar-refractivity contribution in [1.82, 2.24) is 0 Å². The van der Waals surface area contributed by atoms with Crippen LogP contribution in [0.5, 0.6) is 0 Å². The standard InChI is InChI=1S/C22H32F2O/c1-25-14-2-3-16-4-6-17(7-5-16)18-8-10-19(11-9-18)20-12-13-21(23)22(24)15-20/h12-13,15-19H,2-11,14H2,1H3. The van der Waals surface area contributed by atoms with Crippen molar-refractivity contribution in [1.29, 1.82) is 0 Å². The first kappa shape index (κ1) is 18.8. The van der Waals surface area contributed by atoms with Crippen LogP contribution in [0, 0.1) is 29.4 Å². The smallest absolute Gasteiger partial charge is 0.159 e. The van der Waals surface area contributed by atoms with E-state index in [1.54, 1.807) is 13.2 Å². The molecule has 1 nitrogen and oxygen atoms in total. The summed E-state index contributed by atoms with van der Waals surface area (Å²) < 4.78 is 31.8. The van der Waals surface area contributed by atoms with Crippen molar-refractivity contribution in [2.45, 2.75) is 70.1 Å². The van der Waals surface area contributed by atoms with Crippen LogP contribution in [0.4, 0.5) is 8.78 Å². The quantitative estimate of drug-likeness (QED) is 0.534. The third-order valence-corrected chi connectivity index (χ3v) is 6.71. The molecule has 0 bridgehead atoms. The lowest BCUT2D eigenvalue weighted by molar-refractivity contribution is 0.144. The lowest BCUT2D eigenvalue weighted by Gasteiger charge is -2.38. The Morgan fingerprint density at radius 2 is 1.52 bits per heavy atom. The van der Waals surface area contributed by atoms with E-state index in [2.05, 4.69) is 0 Å². The summed E-state index contributed by atoms with van der Waals surface area (Å²) >= 11 is 0. The van der Waals surface area contributed by atoms with Crippen LogP contribution in [0.25, 0.3) is 0 Å². The topological polar surface area (TPSA) is 9.23 Å². The molecule has 0 radical (unpaired) electrons. The van der Waals surface area contributed by atoms with Gasteiger partial charge in [0.2, 0.25) is 0 Å². The van der Waals surface area contributed by atoms with Gasteiger partial charge in [-0.3, -0.25) is 0 Å². The molecule has 0 atom stereocenters. The summed E-state index contributed by atoms with van der Waals surface area (Å²) in [5.41, 5.74) is 0.985. The van der Waals surface area contributed by atoms with Crippen molar-refractivity contribution in [3.8, 4) is 0 Å². The van der Waals surface area contributed by atoms with Crippen molar-refractivity contribution < 1.29 is 13.5 Å². The molecule has 2 fully saturated rings. The Morgan fingerprint density at radius 1 is 0.880 bits per heavy atom. The maximum atomic E-state index is 13.5. The molecule has 2 saturated carbocycles. The summed E-state index contributed by atoms with van der Waals surface area (Å²) in [5, 5.41) is 0. The fourth-order valence-electron chi connectivity index (χ4n) is 5.15. The van der Waals surface area contributed by atoms with Gasteiger partial charge < -0.3 is 4.74 Å². The van der Waals surface area contributed by atoms with E-state index in [1.165, 1.54) is 63.5 Å². The third kappa shape index (κ3) is 5.03. The molecule has 0 N–H and O–H groups in total. The van der Waals surface area contributed by atoms with Gasteiger partial charge >= 0.3 is 0 Å². The zero-order valence-electron chi connectivity index (χ0n) is 15.5. The number of halogens is 2. The molecule has 0 amide bonds. The molecule has 0 saturated heterocycles. The van der Waals surface area contributed by atoms with Crippen molar-refractivity contribution in [2.24, 2.45) is 17.8 Å². The van der Waals surface area contributed by atoms with Crippen molar-refractivity contribution in [2.75, 3.05) is 13.7 Å². The molecule has 2 aliphatic carbocycles. The molecular formula is C22H32F2O. The SMILES string of the molecule is COCCCC1CCC(C2CCC(c3ccc(F)c(F)c3)CC2)CC1. The molecule has 2 aliphatic rings. The van der Waals surface area contributed by atoms with Crippen LogP contribution in [0.2, 0.25) is 0 Å². The van der Waals surface area contributed by atoms with Gasteiger partial charge in [-0.15, -0.1) is 0 Å². The number of hydrogen-bond donors (Lipinski definition) is 0. The molecule has 0 heterocycles. The second-order valence-electron chi connectivity index (χ2n) is 8.20. The molecule has 1 aromatic rings. The monoisotopic (exact) mass is 350 g/mol. The third-order valence-electron chi connectivity index (χ3n) is 6.71. The first-order chi connectivity index (χ1) is 12.2. The lowest BCUT2D eigenvalue weighted by Crippen LogP contribution is -2.25. The number of hydrogen-bond acceptors (Lipinski definition) is 1. The van der Waals surface area contributed by atoms with E-state index in [0.717, 1.165) is 42.8 Å². The van der Waals surface area contributed by atoms with E-state index in [0.29, 0.717) is 5.92 Å². The largest absolute Gasteiger partial charge is 0.385 e. The van der Waals surface area contributed by atoms with Gasteiger partial charge in [0.25, 0.3) is 0 Å². The molecule has 3 heteroatoms. The zero-order chi connectivity index (χ0) is 17.6. The second-order valence-corrected chi connectivity index (χ2v) is 8.20. The Bertz CT molecular complexity index is 529. The minimum absolute atomic E-state index is 0.414. The van der Waals surface area contributed by atoms with E-state index < -0.39 is 11.6 Å². The van der Waals surface area contributed by atoms with E-state index in [-0.39, 0.29) is 0 Å². The Hall–Kier alpha value is -0.960. The van der Waals surface area contributed by atoms with Crippen molar-refractivity contribution >= 4 is 0 Å².